The molecule has 27 heavy (non-hydrogen) atoms. The summed E-state index contributed by atoms with van der Waals surface area (Å²) < 4.78 is 11.8. The van der Waals surface area contributed by atoms with E-state index in [9.17, 15) is 0 Å². The molecule has 4 rings (SSSR count). The minimum atomic E-state index is -1.93. The zero-order valence-electron chi connectivity index (χ0n) is 15.6. The van der Waals surface area contributed by atoms with E-state index in [-0.39, 0.29) is 0 Å². The first-order valence-corrected chi connectivity index (χ1v) is 11.3. The van der Waals surface area contributed by atoms with Crippen LogP contribution < -0.4 is 15.9 Å². The molecular weight excluding hydrogens is 351 g/mol. The van der Waals surface area contributed by atoms with Crippen molar-refractivity contribution in [1.82, 2.24) is 0 Å². The van der Waals surface area contributed by atoms with Gasteiger partial charge >= 0.3 is 0 Å². The van der Waals surface area contributed by atoms with Crippen LogP contribution in [0.25, 0.3) is 0 Å². The molecule has 0 atom stereocenters. The Kier molecular flexibility index (Phi) is 5.31. The van der Waals surface area contributed by atoms with Gasteiger partial charge in [-0.1, -0.05) is 96.8 Å². The maximum atomic E-state index is 5.91. The van der Waals surface area contributed by atoms with E-state index in [0.29, 0.717) is 13.2 Å². The summed E-state index contributed by atoms with van der Waals surface area (Å²) in [6, 6.07) is 32.6. The van der Waals surface area contributed by atoms with Crippen LogP contribution in [-0.2, 0) is 9.47 Å². The van der Waals surface area contributed by atoms with Gasteiger partial charge in [-0.05, 0) is 29.7 Å². The number of ether oxygens (including phenoxy) is 2. The molecule has 1 aliphatic rings. The third-order valence-electron chi connectivity index (χ3n) is 5.12. The second-order valence-corrected chi connectivity index (χ2v) is 10.3. The van der Waals surface area contributed by atoms with Crippen molar-refractivity contribution in [2.45, 2.75) is 19.1 Å². The Morgan fingerprint density at radius 3 is 1.44 bits per heavy atom. The zero-order chi connectivity index (χ0) is 18.6. The van der Waals surface area contributed by atoms with Crippen LogP contribution in [-0.4, -0.2) is 24.8 Å². The molecule has 3 aromatic rings. The number of hydrogen-bond acceptors (Lipinski definition) is 2. The first-order valence-electron chi connectivity index (χ1n) is 9.41. The van der Waals surface area contributed by atoms with Gasteiger partial charge < -0.3 is 9.47 Å². The lowest BCUT2D eigenvalue weighted by Crippen LogP contribution is -2.31. The average Bonchev–Trinajstić information content (AvgIpc) is 3.18. The molecule has 0 spiro atoms. The van der Waals surface area contributed by atoms with E-state index < -0.39 is 12.7 Å². The third-order valence-corrected chi connectivity index (χ3v) is 9.19. The smallest absolute Gasteiger partial charge is 0.169 e. The summed E-state index contributed by atoms with van der Waals surface area (Å²) in [5, 5.41) is 4.05. The van der Waals surface area contributed by atoms with Crippen molar-refractivity contribution in [3.63, 3.8) is 0 Å². The Balaban J connectivity index is 1.97. The summed E-state index contributed by atoms with van der Waals surface area (Å²) in [6.45, 7) is 1.44. The van der Waals surface area contributed by atoms with Crippen LogP contribution in [0.2, 0.25) is 0 Å². The predicted octanol–water partition coefficient (Wildman–Crippen LogP) is 3.94. The number of benzene rings is 3. The van der Waals surface area contributed by atoms with Gasteiger partial charge in [0.05, 0.1) is 13.2 Å². The molecule has 0 amide bonds. The maximum Gasteiger partial charge on any atom is 0.169 e. The van der Waals surface area contributed by atoms with Crippen LogP contribution in [0.1, 0.15) is 13.3 Å². The van der Waals surface area contributed by atoms with Gasteiger partial charge in [-0.15, -0.1) is 0 Å². The Labute approximate surface area is 161 Å². The lowest BCUT2D eigenvalue weighted by atomic mass is 10.2. The van der Waals surface area contributed by atoms with E-state index in [1.807, 2.05) is 6.92 Å². The molecule has 3 heteroatoms. The minimum absolute atomic E-state index is 0.538. The summed E-state index contributed by atoms with van der Waals surface area (Å²) in [4.78, 5) is 0. The van der Waals surface area contributed by atoms with Gasteiger partial charge in [0.1, 0.15) is 0 Å². The summed E-state index contributed by atoms with van der Waals surface area (Å²) in [5.74, 6) is 1.93. The predicted molar refractivity (Wildman–Crippen MR) is 116 cm³/mol. The van der Waals surface area contributed by atoms with Gasteiger partial charge in [-0.25, -0.2) is 0 Å². The quantitative estimate of drug-likeness (QED) is 0.628. The Bertz CT molecular complexity index is 811. The van der Waals surface area contributed by atoms with Crippen LogP contribution in [0.4, 0.5) is 0 Å². The van der Waals surface area contributed by atoms with E-state index in [4.69, 9.17) is 9.47 Å². The van der Waals surface area contributed by atoms with Crippen molar-refractivity contribution in [1.29, 1.82) is 0 Å². The second-order valence-electron chi connectivity index (χ2n) is 6.95. The van der Waals surface area contributed by atoms with E-state index in [1.54, 1.807) is 0 Å². The number of rotatable bonds is 5. The largest absolute Gasteiger partial charge is 0.347 e. The molecule has 1 fully saturated rings. The van der Waals surface area contributed by atoms with Crippen LogP contribution in [0.3, 0.4) is 0 Å². The van der Waals surface area contributed by atoms with Crippen molar-refractivity contribution >= 4 is 28.6 Å². The lowest BCUT2D eigenvalue weighted by Gasteiger charge is -2.31. The summed E-state index contributed by atoms with van der Waals surface area (Å²) in [5.41, 5.74) is 0. The topological polar surface area (TPSA) is 18.5 Å². The van der Waals surface area contributed by atoms with E-state index in [0.717, 1.165) is 6.42 Å². The molecule has 0 N–H and O–H groups in total. The monoisotopic (exact) mass is 376 g/mol. The normalized spacial score (nSPS) is 16.2. The SMILES string of the molecule is CC1(CC=P(c2ccccc2)(c2ccccc2)c2ccccc2)OCCO1. The fourth-order valence-electron chi connectivity index (χ4n) is 3.73. The fourth-order valence-corrected chi connectivity index (χ4v) is 7.79. The molecule has 138 valence electrons. The van der Waals surface area contributed by atoms with Gasteiger partial charge in [0, 0.05) is 6.42 Å². The van der Waals surface area contributed by atoms with E-state index >= 15 is 0 Å². The van der Waals surface area contributed by atoms with Gasteiger partial charge in [0.25, 0.3) is 0 Å². The second kappa shape index (κ2) is 7.86. The molecule has 0 aromatic heterocycles. The van der Waals surface area contributed by atoms with E-state index in [2.05, 4.69) is 96.8 Å². The van der Waals surface area contributed by atoms with Gasteiger partial charge in [0.2, 0.25) is 0 Å². The molecule has 0 saturated carbocycles. The summed E-state index contributed by atoms with van der Waals surface area (Å²) in [6.07, 6.45) is 0.749. The Hall–Kier alpha value is -2.12. The average molecular weight is 376 g/mol. The standard InChI is InChI=1S/C24H25O2P/c1-24(25-18-19-26-24)17-20-27(21-11-5-2-6-12-21,22-13-7-3-8-14-22)23-15-9-4-10-16-23/h2-16,20H,17-19H2,1H3. The first-order chi connectivity index (χ1) is 13.2. The van der Waals surface area contributed by atoms with Crippen LogP contribution in [0.15, 0.2) is 91.0 Å². The molecule has 3 aromatic carbocycles. The molecule has 1 saturated heterocycles. The highest BCUT2D eigenvalue weighted by molar-refractivity contribution is 7.94. The highest BCUT2D eigenvalue weighted by atomic mass is 31.2. The van der Waals surface area contributed by atoms with Gasteiger partial charge in [-0.2, -0.15) is 0 Å². The van der Waals surface area contributed by atoms with E-state index in [1.165, 1.54) is 15.9 Å². The van der Waals surface area contributed by atoms with Crippen LogP contribution >= 0.6 is 6.89 Å². The Morgan fingerprint density at radius 2 is 1.07 bits per heavy atom. The van der Waals surface area contributed by atoms with Crippen LogP contribution in [0, 0.1) is 0 Å². The minimum Gasteiger partial charge on any atom is -0.347 e. The third kappa shape index (κ3) is 3.66. The summed E-state index contributed by atoms with van der Waals surface area (Å²) >= 11 is 0. The van der Waals surface area contributed by atoms with Crippen LogP contribution in [0.5, 0.6) is 0 Å². The van der Waals surface area contributed by atoms with Crippen molar-refractivity contribution < 1.29 is 9.47 Å². The molecule has 0 aliphatic carbocycles. The fraction of sp³-hybridized carbons (Fsp3) is 0.208. The molecule has 0 bridgehead atoms. The molecule has 0 radical (unpaired) electrons. The summed E-state index contributed by atoms with van der Waals surface area (Å²) in [7, 11) is 0. The van der Waals surface area contributed by atoms with Gasteiger partial charge in [-0.3, -0.25) is 0 Å². The van der Waals surface area contributed by atoms with Crippen molar-refractivity contribution in [3.05, 3.63) is 91.0 Å². The molecular formula is C24H25O2P. The maximum absolute atomic E-state index is 5.91. The highest BCUT2D eigenvalue weighted by Gasteiger charge is 2.32. The van der Waals surface area contributed by atoms with Crippen molar-refractivity contribution in [2.75, 3.05) is 13.2 Å². The lowest BCUT2D eigenvalue weighted by molar-refractivity contribution is -0.134. The highest BCUT2D eigenvalue weighted by Crippen LogP contribution is 2.44. The molecule has 2 nitrogen and oxygen atoms in total. The van der Waals surface area contributed by atoms with Gasteiger partial charge in [0.15, 0.2) is 5.79 Å². The van der Waals surface area contributed by atoms with Crippen molar-refractivity contribution in [3.8, 4) is 0 Å². The van der Waals surface area contributed by atoms with Crippen molar-refractivity contribution in [2.24, 2.45) is 0 Å². The molecule has 0 unspecified atom stereocenters. The molecule has 1 aliphatic heterocycles. The Morgan fingerprint density at radius 1 is 0.704 bits per heavy atom. The number of hydrogen-bond donors (Lipinski definition) is 0. The first kappa shape index (κ1) is 18.3. The molecule has 1 heterocycles. The zero-order valence-corrected chi connectivity index (χ0v) is 16.5.